The van der Waals surface area contributed by atoms with Gasteiger partial charge >= 0.3 is 6.18 Å². The van der Waals surface area contributed by atoms with Crippen LogP contribution in [0, 0.1) is 0 Å². The van der Waals surface area contributed by atoms with Gasteiger partial charge in [0.25, 0.3) is 0 Å². The summed E-state index contributed by atoms with van der Waals surface area (Å²) in [6, 6.07) is 1.70. The third-order valence-electron chi connectivity index (χ3n) is 1.85. The fraction of sp³-hybridized carbons (Fsp3) is 0.100. The van der Waals surface area contributed by atoms with Crippen LogP contribution in [-0.4, -0.2) is 15.0 Å². The zero-order valence-electron chi connectivity index (χ0n) is 8.65. The lowest BCUT2D eigenvalue weighted by atomic mass is 10.3. The first kappa shape index (κ1) is 13.1. The molecule has 0 bridgehead atoms. The van der Waals surface area contributed by atoms with Gasteiger partial charge in [0.05, 0.1) is 11.8 Å². The van der Waals surface area contributed by atoms with Crippen molar-refractivity contribution in [3.63, 3.8) is 0 Å². The maximum absolute atomic E-state index is 12.6. The van der Waals surface area contributed by atoms with E-state index in [9.17, 15) is 13.2 Å². The Morgan fingerprint density at radius 3 is 2.50 bits per heavy atom. The van der Waals surface area contributed by atoms with Crippen LogP contribution in [0.4, 0.5) is 13.2 Å². The van der Waals surface area contributed by atoms with Gasteiger partial charge in [-0.2, -0.15) is 13.2 Å². The highest BCUT2D eigenvalue weighted by Crippen LogP contribution is 2.34. The minimum absolute atomic E-state index is 0.121. The van der Waals surface area contributed by atoms with Gasteiger partial charge in [-0.05, 0) is 23.9 Å². The summed E-state index contributed by atoms with van der Waals surface area (Å²) >= 11 is 6.52. The first-order valence-corrected chi connectivity index (χ1v) is 5.83. The molecule has 8 heteroatoms. The van der Waals surface area contributed by atoms with Crippen LogP contribution >= 0.6 is 23.4 Å². The molecule has 18 heavy (non-hydrogen) atoms. The molecule has 0 unspecified atom stereocenters. The summed E-state index contributed by atoms with van der Waals surface area (Å²) in [5.74, 6) is 0. The Morgan fingerprint density at radius 1 is 1.11 bits per heavy atom. The van der Waals surface area contributed by atoms with Gasteiger partial charge in [0.1, 0.15) is 15.2 Å². The molecule has 94 valence electrons. The van der Waals surface area contributed by atoms with Crippen LogP contribution in [0.5, 0.6) is 0 Å². The van der Waals surface area contributed by atoms with Crippen LogP contribution in [0.2, 0.25) is 5.15 Å². The molecule has 2 aromatic rings. The Balaban J connectivity index is 2.32. The summed E-state index contributed by atoms with van der Waals surface area (Å²) in [5, 5.41) is 0.354. The second-order valence-corrected chi connectivity index (χ2v) is 4.59. The van der Waals surface area contributed by atoms with E-state index in [0.29, 0.717) is 5.03 Å². The maximum atomic E-state index is 12.6. The van der Waals surface area contributed by atoms with E-state index >= 15 is 0 Å². The van der Waals surface area contributed by atoms with E-state index in [1.807, 2.05) is 0 Å². The largest absolute Gasteiger partial charge is 0.416 e. The smallest absolute Gasteiger partial charge is 0.260 e. The van der Waals surface area contributed by atoms with Crippen molar-refractivity contribution in [2.75, 3.05) is 0 Å². The van der Waals surface area contributed by atoms with Gasteiger partial charge in [0.2, 0.25) is 0 Å². The number of pyridine rings is 1. The number of halogens is 4. The summed E-state index contributed by atoms with van der Waals surface area (Å²) in [7, 11) is 0. The van der Waals surface area contributed by atoms with Crippen molar-refractivity contribution in [2.45, 2.75) is 16.2 Å². The number of aromatic nitrogens is 3. The molecule has 0 amide bonds. The average Bonchev–Trinajstić information content (AvgIpc) is 2.28. The number of hydrogen-bond donors (Lipinski definition) is 0. The molecule has 0 atom stereocenters. The van der Waals surface area contributed by atoms with Gasteiger partial charge in [-0.1, -0.05) is 11.6 Å². The fourth-order valence-electron chi connectivity index (χ4n) is 1.13. The lowest BCUT2D eigenvalue weighted by Crippen LogP contribution is -2.05. The zero-order chi connectivity index (χ0) is 13.2. The summed E-state index contributed by atoms with van der Waals surface area (Å²) in [6.07, 6.45) is -0.112. The van der Waals surface area contributed by atoms with Gasteiger partial charge < -0.3 is 0 Å². The summed E-state index contributed by atoms with van der Waals surface area (Å²) < 4.78 is 37.7. The fourth-order valence-corrected chi connectivity index (χ4v) is 2.16. The van der Waals surface area contributed by atoms with Crippen molar-refractivity contribution < 1.29 is 13.2 Å². The van der Waals surface area contributed by atoms with E-state index < -0.39 is 11.7 Å². The standard InChI is InChI=1S/C10H5ClF3N3S/c11-7-3-6(10(12,13)14)4-8(17-7)18-9-5-15-1-2-16-9/h1-5H. The van der Waals surface area contributed by atoms with Crippen molar-refractivity contribution >= 4 is 23.4 Å². The van der Waals surface area contributed by atoms with E-state index in [-0.39, 0.29) is 10.2 Å². The molecule has 0 fully saturated rings. The molecule has 0 radical (unpaired) electrons. The number of hydrogen-bond acceptors (Lipinski definition) is 4. The molecule has 2 aromatic heterocycles. The van der Waals surface area contributed by atoms with Crippen molar-refractivity contribution in [3.8, 4) is 0 Å². The Hall–Kier alpha value is -1.34. The maximum Gasteiger partial charge on any atom is 0.416 e. The quantitative estimate of drug-likeness (QED) is 0.791. The molecule has 2 heterocycles. The van der Waals surface area contributed by atoms with Crippen molar-refractivity contribution in [2.24, 2.45) is 0 Å². The molecule has 0 saturated carbocycles. The third kappa shape index (κ3) is 3.33. The second kappa shape index (κ2) is 5.11. The van der Waals surface area contributed by atoms with Crippen LogP contribution in [0.25, 0.3) is 0 Å². The second-order valence-electron chi connectivity index (χ2n) is 3.16. The van der Waals surface area contributed by atoms with Crippen LogP contribution in [-0.2, 0) is 6.18 Å². The van der Waals surface area contributed by atoms with Gasteiger partial charge in [0.15, 0.2) is 0 Å². The van der Waals surface area contributed by atoms with Crippen LogP contribution < -0.4 is 0 Å². The van der Waals surface area contributed by atoms with E-state index in [4.69, 9.17) is 11.6 Å². The summed E-state index contributed by atoms with van der Waals surface area (Å²) in [6.45, 7) is 0. The lowest BCUT2D eigenvalue weighted by Gasteiger charge is -2.08. The third-order valence-corrected chi connectivity index (χ3v) is 2.88. The lowest BCUT2D eigenvalue weighted by molar-refractivity contribution is -0.137. The molecule has 0 aliphatic rings. The minimum Gasteiger partial charge on any atom is -0.260 e. The molecule has 3 nitrogen and oxygen atoms in total. The van der Waals surface area contributed by atoms with Gasteiger partial charge in [-0.15, -0.1) is 0 Å². The van der Waals surface area contributed by atoms with Crippen LogP contribution in [0.3, 0.4) is 0 Å². The molecule has 0 saturated heterocycles. The Kier molecular flexibility index (Phi) is 3.72. The van der Waals surface area contributed by atoms with E-state index in [2.05, 4.69) is 15.0 Å². The Bertz CT molecular complexity index is 548. The summed E-state index contributed by atoms with van der Waals surface area (Å²) in [4.78, 5) is 11.5. The molecule has 0 spiro atoms. The number of nitrogens with zero attached hydrogens (tertiary/aromatic N) is 3. The highest BCUT2D eigenvalue weighted by molar-refractivity contribution is 7.99. The van der Waals surface area contributed by atoms with Gasteiger partial charge in [-0.3, -0.25) is 4.98 Å². The number of alkyl halides is 3. The highest BCUT2D eigenvalue weighted by Gasteiger charge is 2.31. The molecule has 0 aromatic carbocycles. The monoisotopic (exact) mass is 291 g/mol. The normalized spacial score (nSPS) is 11.6. The zero-order valence-corrected chi connectivity index (χ0v) is 10.2. The summed E-state index contributed by atoms with van der Waals surface area (Å²) in [5.41, 5.74) is -0.839. The SMILES string of the molecule is FC(F)(F)c1cc(Cl)nc(Sc2cnccn2)c1. The average molecular weight is 292 g/mol. The van der Waals surface area contributed by atoms with Crippen molar-refractivity contribution in [1.82, 2.24) is 15.0 Å². The molecule has 2 rings (SSSR count). The number of rotatable bonds is 2. The highest BCUT2D eigenvalue weighted by atomic mass is 35.5. The predicted molar refractivity (Wildman–Crippen MR) is 60.4 cm³/mol. The van der Waals surface area contributed by atoms with Crippen LogP contribution in [0.15, 0.2) is 40.8 Å². The first-order chi connectivity index (χ1) is 8.45. The van der Waals surface area contributed by atoms with Gasteiger partial charge in [-0.25, -0.2) is 9.97 Å². The van der Waals surface area contributed by atoms with E-state index in [1.165, 1.54) is 18.6 Å². The van der Waals surface area contributed by atoms with Crippen LogP contribution in [0.1, 0.15) is 5.56 Å². The molecular formula is C10H5ClF3N3S. The van der Waals surface area contributed by atoms with E-state index in [1.54, 1.807) is 0 Å². The van der Waals surface area contributed by atoms with Crippen molar-refractivity contribution in [1.29, 1.82) is 0 Å². The molecular weight excluding hydrogens is 287 g/mol. The van der Waals surface area contributed by atoms with E-state index in [0.717, 1.165) is 23.9 Å². The molecule has 0 aliphatic carbocycles. The van der Waals surface area contributed by atoms with Gasteiger partial charge in [0, 0.05) is 12.4 Å². The Labute approximate surface area is 109 Å². The van der Waals surface area contributed by atoms with Crippen molar-refractivity contribution in [3.05, 3.63) is 41.4 Å². The predicted octanol–water partition coefficient (Wildman–Crippen LogP) is 3.70. The topological polar surface area (TPSA) is 38.7 Å². The molecule has 0 aliphatic heterocycles. The minimum atomic E-state index is -4.45. The molecule has 0 N–H and O–H groups in total. The Morgan fingerprint density at radius 2 is 1.89 bits per heavy atom. The first-order valence-electron chi connectivity index (χ1n) is 4.64.